The number of benzene rings is 2. The van der Waals surface area contributed by atoms with Crippen LogP contribution in [0.3, 0.4) is 0 Å². The highest BCUT2D eigenvalue weighted by Gasteiger charge is 2.17. The quantitative estimate of drug-likeness (QED) is 0.532. The normalized spacial score (nSPS) is 10.9. The van der Waals surface area contributed by atoms with Crippen LogP contribution in [0, 0.1) is 5.82 Å². The van der Waals surface area contributed by atoms with Crippen LogP contribution in [0.1, 0.15) is 26.4 Å². The van der Waals surface area contributed by atoms with Crippen LogP contribution < -0.4 is 11.1 Å². The fourth-order valence-corrected chi connectivity index (χ4v) is 3.92. The van der Waals surface area contributed by atoms with Gasteiger partial charge in [0.15, 0.2) is 0 Å². The molecule has 5 nitrogen and oxygen atoms in total. The predicted octanol–water partition coefficient (Wildman–Crippen LogP) is 4.24. The molecule has 0 atom stereocenters. The van der Waals surface area contributed by atoms with Gasteiger partial charge in [0, 0.05) is 17.8 Å². The van der Waals surface area contributed by atoms with E-state index in [9.17, 15) is 14.0 Å². The average Bonchev–Trinajstić information content (AvgIpc) is 3.25. The Morgan fingerprint density at radius 3 is 2.68 bits per heavy atom. The lowest BCUT2D eigenvalue weighted by atomic mass is 10.2. The zero-order valence-corrected chi connectivity index (χ0v) is 15.5. The molecule has 2 aromatic heterocycles. The topological polar surface area (TPSA) is 77.1 Å². The van der Waals surface area contributed by atoms with Gasteiger partial charge in [-0.05, 0) is 53.4 Å². The van der Waals surface area contributed by atoms with Gasteiger partial charge in [0.05, 0.1) is 10.2 Å². The smallest absolute Gasteiger partial charge is 0.272 e. The summed E-state index contributed by atoms with van der Waals surface area (Å²) in [6, 6.07) is 16.5. The monoisotopic (exact) mass is 393 g/mol. The number of nitrogens with two attached hydrogens (primary N) is 1. The third-order valence-electron chi connectivity index (χ3n) is 4.39. The van der Waals surface area contributed by atoms with E-state index < -0.39 is 5.91 Å². The van der Waals surface area contributed by atoms with Gasteiger partial charge < -0.3 is 15.6 Å². The van der Waals surface area contributed by atoms with Gasteiger partial charge in [-0.1, -0.05) is 18.2 Å². The van der Waals surface area contributed by atoms with Crippen LogP contribution >= 0.6 is 11.3 Å². The second-order valence-corrected chi connectivity index (χ2v) is 7.26. The molecule has 4 rings (SSSR count). The van der Waals surface area contributed by atoms with Crippen molar-refractivity contribution >= 4 is 39.1 Å². The molecule has 2 heterocycles. The molecule has 28 heavy (non-hydrogen) atoms. The highest BCUT2D eigenvalue weighted by molar-refractivity contribution is 7.17. The third kappa shape index (κ3) is 3.52. The van der Waals surface area contributed by atoms with Crippen molar-refractivity contribution in [2.45, 2.75) is 6.54 Å². The van der Waals surface area contributed by atoms with E-state index in [0.29, 0.717) is 23.5 Å². The fraction of sp³-hybridized carbons (Fsp3) is 0.0476. The maximum atomic E-state index is 13.6. The van der Waals surface area contributed by atoms with Gasteiger partial charge in [-0.25, -0.2) is 4.39 Å². The van der Waals surface area contributed by atoms with Crippen molar-refractivity contribution in [3.63, 3.8) is 0 Å². The van der Waals surface area contributed by atoms with Gasteiger partial charge in [0.2, 0.25) is 5.91 Å². The lowest BCUT2D eigenvalue weighted by Gasteiger charge is -2.11. The van der Waals surface area contributed by atoms with Crippen molar-refractivity contribution in [1.82, 2.24) is 4.57 Å². The first kappa shape index (κ1) is 17.9. The zero-order chi connectivity index (χ0) is 19.7. The summed E-state index contributed by atoms with van der Waals surface area (Å²) in [6.45, 7) is 0.363. The second kappa shape index (κ2) is 7.28. The molecule has 4 aromatic rings. The number of nitrogens with one attached hydrogen (secondary N) is 1. The highest BCUT2D eigenvalue weighted by Crippen LogP contribution is 2.27. The van der Waals surface area contributed by atoms with E-state index in [1.807, 2.05) is 28.1 Å². The summed E-state index contributed by atoms with van der Waals surface area (Å²) in [5.74, 6) is -1.20. The van der Waals surface area contributed by atoms with E-state index >= 15 is 0 Å². The van der Waals surface area contributed by atoms with Crippen LogP contribution in [0.4, 0.5) is 10.1 Å². The molecule has 2 aromatic carbocycles. The number of carbonyl (C=O) groups excluding carboxylic acids is 2. The Labute approximate surface area is 164 Å². The Morgan fingerprint density at radius 2 is 1.89 bits per heavy atom. The molecule has 0 aliphatic carbocycles. The van der Waals surface area contributed by atoms with Crippen molar-refractivity contribution in [1.29, 1.82) is 0 Å². The molecule has 0 aliphatic heterocycles. The molecule has 3 N–H and O–H groups in total. The predicted molar refractivity (Wildman–Crippen MR) is 108 cm³/mol. The molecule has 7 heteroatoms. The number of halogens is 1. The fourth-order valence-electron chi connectivity index (χ4n) is 3.10. The van der Waals surface area contributed by atoms with E-state index in [1.54, 1.807) is 24.3 Å². The van der Waals surface area contributed by atoms with Crippen LogP contribution in [-0.4, -0.2) is 16.4 Å². The Hall–Kier alpha value is -3.45. The van der Waals surface area contributed by atoms with Crippen LogP contribution in [0.5, 0.6) is 0 Å². The molecule has 0 saturated heterocycles. The number of amides is 2. The standard InChI is InChI=1S/C21H16FN3O2S/c22-15-5-1-3-13(9-15)12-25-17-7-8-28-19(17)11-18(25)21(27)24-16-6-2-4-14(10-16)20(23)26/h1-11H,12H2,(H2,23,26)(H,24,27). The first-order chi connectivity index (χ1) is 13.5. The van der Waals surface area contributed by atoms with Gasteiger partial charge in [0.1, 0.15) is 11.5 Å². The minimum absolute atomic E-state index is 0.314. The molecule has 2 amide bonds. The number of anilines is 1. The van der Waals surface area contributed by atoms with Crippen molar-refractivity contribution < 1.29 is 14.0 Å². The molecule has 0 spiro atoms. The average molecular weight is 393 g/mol. The van der Waals surface area contributed by atoms with E-state index in [4.69, 9.17) is 5.73 Å². The highest BCUT2D eigenvalue weighted by atomic mass is 32.1. The minimum Gasteiger partial charge on any atom is -0.366 e. The molecular weight excluding hydrogens is 377 g/mol. The summed E-state index contributed by atoms with van der Waals surface area (Å²) < 4.78 is 16.4. The van der Waals surface area contributed by atoms with Crippen LogP contribution in [0.25, 0.3) is 10.2 Å². The van der Waals surface area contributed by atoms with Crippen molar-refractivity contribution in [3.8, 4) is 0 Å². The molecule has 0 radical (unpaired) electrons. The summed E-state index contributed by atoms with van der Waals surface area (Å²) in [6.07, 6.45) is 0. The summed E-state index contributed by atoms with van der Waals surface area (Å²) in [5.41, 5.74) is 8.21. The Bertz CT molecular complexity index is 1200. The number of primary amides is 1. The number of aromatic nitrogens is 1. The van der Waals surface area contributed by atoms with Crippen molar-refractivity contribution in [3.05, 3.63) is 88.7 Å². The molecule has 0 unspecified atom stereocenters. The molecule has 0 bridgehead atoms. The van der Waals surface area contributed by atoms with E-state index in [2.05, 4.69) is 5.32 Å². The molecule has 0 aliphatic rings. The summed E-state index contributed by atoms with van der Waals surface area (Å²) >= 11 is 1.53. The maximum absolute atomic E-state index is 13.6. The molecule has 0 saturated carbocycles. The van der Waals surface area contributed by atoms with Gasteiger partial charge in [-0.3, -0.25) is 9.59 Å². The van der Waals surface area contributed by atoms with Gasteiger partial charge in [-0.15, -0.1) is 11.3 Å². The van der Waals surface area contributed by atoms with Crippen LogP contribution in [0.15, 0.2) is 66.0 Å². The lowest BCUT2D eigenvalue weighted by molar-refractivity contribution is 0.0995. The molecule has 0 fully saturated rings. The number of hydrogen-bond acceptors (Lipinski definition) is 3. The van der Waals surface area contributed by atoms with E-state index in [1.165, 1.54) is 29.5 Å². The molecule has 140 valence electrons. The van der Waals surface area contributed by atoms with E-state index in [-0.39, 0.29) is 11.7 Å². The number of fused-ring (bicyclic) bond motifs is 1. The Balaban J connectivity index is 1.68. The first-order valence-electron chi connectivity index (χ1n) is 8.53. The third-order valence-corrected chi connectivity index (χ3v) is 5.24. The minimum atomic E-state index is -0.564. The van der Waals surface area contributed by atoms with Crippen molar-refractivity contribution in [2.24, 2.45) is 5.73 Å². The summed E-state index contributed by atoms with van der Waals surface area (Å²) in [4.78, 5) is 24.3. The van der Waals surface area contributed by atoms with E-state index in [0.717, 1.165) is 15.8 Å². The Kier molecular flexibility index (Phi) is 4.67. The van der Waals surface area contributed by atoms with Gasteiger partial charge in [-0.2, -0.15) is 0 Å². The van der Waals surface area contributed by atoms with Crippen LogP contribution in [0.2, 0.25) is 0 Å². The number of thiophene rings is 1. The number of rotatable bonds is 5. The maximum Gasteiger partial charge on any atom is 0.272 e. The zero-order valence-electron chi connectivity index (χ0n) is 14.7. The van der Waals surface area contributed by atoms with Gasteiger partial charge >= 0.3 is 0 Å². The van der Waals surface area contributed by atoms with Crippen molar-refractivity contribution in [2.75, 3.05) is 5.32 Å². The van der Waals surface area contributed by atoms with Crippen LogP contribution in [-0.2, 0) is 6.54 Å². The molecular formula is C21H16FN3O2S. The first-order valence-corrected chi connectivity index (χ1v) is 9.41. The Morgan fingerprint density at radius 1 is 1.07 bits per heavy atom. The largest absolute Gasteiger partial charge is 0.366 e. The van der Waals surface area contributed by atoms with Gasteiger partial charge in [0.25, 0.3) is 5.91 Å². The second-order valence-electron chi connectivity index (χ2n) is 6.31. The number of carbonyl (C=O) groups is 2. The summed E-state index contributed by atoms with van der Waals surface area (Å²) in [5, 5.41) is 4.75. The number of nitrogens with zero attached hydrogens (tertiary/aromatic N) is 1. The number of hydrogen-bond donors (Lipinski definition) is 2. The SMILES string of the molecule is NC(=O)c1cccc(NC(=O)c2cc3sccc3n2Cc2cccc(F)c2)c1. The summed E-state index contributed by atoms with van der Waals surface area (Å²) in [7, 11) is 0. The lowest BCUT2D eigenvalue weighted by Crippen LogP contribution is -2.18.